The SMILES string of the molecule is C[C@@H](N)C(=O)NC1CCCN(c2ccccc2Cl)C1. The van der Waals surface area contributed by atoms with Gasteiger partial charge < -0.3 is 16.0 Å². The summed E-state index contributed by atoms with van der Waals surface area (Å²) in [6.07, 6.45) is 2.02. The summed E-state index contributed by atoms with van der Waals surface area (Å²) < 4.78 is 0. The third kappa shape index (κ3) is 3.61. The minimum Gasteiger partial charge on any atom is -0.368 e. The van der Waals surface area contributed by atoms with Gasteiger partial charge in [0.2, 0.25) is 5.91 Å². The molecule has 104 valence electrons. The van der Waals surface area contributed by atoms with Crippen LogP contribution in [0, 0.1) is 0 Å². The van der Waals surface area contributed by atoms with E-state index >= 15 is 0 Å². The highest BCUT2D eigenvalue weighted by Crippen LogP contribution is 2.27. The van der Waals surface area contributed by atoms with E-state index in [9.17, 15) is 4.79 Å². The molecule has 1 heterocycles. The Hall–Kier alpha value is -1.26. The van der Waals surface area contributed by atoms with Gasteiger partial charge in [0.05, 0.1) is 16.8 Å². The van der Waals surface area contributed by atoms with Gasteiger partial charge in [-0.1, -0.05) is 23.7 Å². The molecule has 1 unspecified atom stereocenters. The van der Waals surface area contributed by atoms with Gasteiger partial charge in [0.1, 0.15) is 0 Å². The van der Waals surface area contributed by atoms with Crippen molar-refractivity contribution in [1.82, 2.24) is 5.32 Å². The van der Waals surface area contributed by atoms with E-state index in [-0.39, 0.29) is 11.9 Å². The number of amides is 1. The molecule has 1 aliphatic rings. The number of halogens is 1. The summed E-state index contributed by atoms with van der Waals surface area (Å²) in [7, 11) is 0. The van der Waals surface area contributed by atoms with E-state index in [1.54, 1.807) is 6.92 Å². The highest BCUT2D eigenvalue weighted by atomic mass is 35.5. The Morgan fingerprint density at radius 1 is 1.53 bits per heavy atom. The molecule has 1 aromatic rings. The first kappa shape index (κ1) is 14.2. The number of hydrogen-bond donors (Lipinski definition) is 2. The van der Waals surface area contributed by atoms with E-state index in [4.69, 9.17) is 17.3 Å². The highest BCUT2D eigenvalue weighted by molar-refractivity contribution is 6.33. The summed E-state index contributed by atoms with van der Waals surface area (Å²) in [6.45, 7) is 3.44. The number of anilines is 1. The van der Waals surface area contributed by atoms with Crippen molar-refractivity contribution in [2.24, 2.45) is 5.73 Å². The number of hydrogen-bond acceptors (Lipinski definition) is 3. The van der Waals surface area contributed by atoms with Crippen LogP contribution in [0.15, 0.2) is 24.3 Å². The van der Waals surface area contributed by atoms with E-state index in [1.807, 2.05) is 24.3 Å². The van der Waals surface area contributed by atoms with Crippen LogP contribution in [0.3, 0.4) is 0 Å². The molecule has 1 aliphatic heterocycles. The first-order valence-corrected chi connectivity index (χ1v) is 7.01. The maximum Gasteiger partial charge on any atom is 0.236 e. The molecule has 2 atom stereocenters. The lowest BCUT2D eigenvalue weighted by Crippen LogP contribution is -2.51. The van der Waals surface area contributed by atoms with Crippen molar-refractivity contribution in [3.8, 4) is 0 Å². The molecule has 0 aromatic heterocycles. The Morgan fingerprint density at radius 2 is 2.26 bits per heavy atom. The van der Waals surface area contributed by atoms with Gasteiger partial charge in [-0.15, -0.1) is 0 Å². The number of nitrogens with zero attached hydrogens (tertiary/aromatic N) is 1. The zero-order chi connectivity index (χ0) is 13.8. The van der Waals surface area contributed by atoms with Gasteiger partial charge in [0, 0.05) is 19.1 Å². The van der Waals surface area contributed by atoms with E-state index in [0.29, 0.717) is 0 Å². The van der Waals surface area contributed by atoms with Gasteiger partial charge in [-0.2, -0.15) is 0 Å². The number of nitrogens with one attached hydrogen (secondary N) is 1. The molecule has 0 bridgehead atoms. The molecule has 1 fully saturated rings. The predicted octanol–water partition coefficient (Wildman–Crippen LogP) is 1.77. The second kappa shape index (κ2) is 6.26. The van der Waals surface area contributed by atoms with Crippen molar-refractivity contribution in [2.75, 3.05) is 18.0 Å². The number of nitrogens with two attached hydrogens (primary N) is 1. The van der Waals surface area contributed by atoms with Gasteiger partial charge in [-0.05, 0) is 31.9 Å². The molecule has 19 heavy (non-hydrogen) atoms. The quantitative estimate of drug-likeness (QED) is 0.888. The Balaban J connectivity index is 2.01. The summed E-state index contributed by atoms with van der Waals surface area (Å²) >= 11 is 6.21. The molecule has 5 heteroatoms. The molecule has 0 saturated carbocycles. The Kier molecular flexibility index (Phi) is 4.66. The van der Waals surface area contributed by atoms with Crippen LogP contribution in [0.2, 0.25) is 5.02 Å². The maximum absolute atomic E-state index is 11.6. The fourth-order valence-corrected chi connectivity index (χ4v) is 2.61. The third-order valence-corrected chi connectivity index (χ3v) is 3.69. The first-order valence-electron chi connectivity index (χ1n) is 6.63. The average Bonchev–Trinajstić information content (AvgIpc) is 2.39. The minimum absolute atomic E-state index is 0.0917. The fraction of sp³-hybridized carbons (Fsp3) is 0.500. The lowest BCUT2D eigenvalue weighted by Gasteiger charge is -2.35. The second-order valence-electron chi connectivity index (χ2n) is 5.03. The number of carbonyl (C=O) groups excluding carboxylic acids is 1. The Morgan fingerprint density at radius 3 is 2.95 bits per heavy atom. The smallest absolute Gasteiger partial charge is 0.236 e. The van der Waals surface area contributed by atoms with Crippen molar-refractivity contribution in [2.45, 2.75) is 31.8 Å². The molecular weight excluding hydrogens is 262 g/mol. The standard InChI is InChI=1S/C14H20ClN3O/c1-10(16)14(19)17-11-5-4-8-18(9-11)13-7-3-2-6-12(13)15/h2-3,6-7,10-11H,4-5,8-9,16H2,1H3,(H,17,19)/t10-,11?/m1/s1. The molecule has 1 aromatic carbocycles. The van der Waals surface area contributed by atoms with Gasteiger partial charge in [-0.25, -0.2) is 0 Å². The lowest BCUT2D eigenvalue weighted by molar-refractivity contribution is -0.122. The zero-order valence-corrected chi connectivity index (χ0v) is 11.9. The number of carbonyl (C=O) groups is 1. The molecule has 1 saturated heterocycles. The lowest BCUT2D eigenvalue weighted by atomic mass is 10.0. The van der Waals surface area contributed by atoms with Gasteiger partial charge in [-0.3, -0.25) is 4.79 Å². The summed E-state index contributed by atoms with van der Waals surface area (Å²) in [5.74, 6) is -0.0917. The normalized spacial score (nSPS) is 21.0. The molecule has 2 rings (SSSR count). The van der Waals surface area contributed by atoms with Crippen LogP contribution >= 0.6 is 11.6 Å². The summed E-state index contributed by atoms with van der Waals surface area (Å²) in [6, 6.07) is 7.48. The molecule has 3 N–H and O–H groups in total. The summed E-state index contributed by atoms with van der Waals surface area (Å²) in [5.41, 5.74) is 6.61. The zero-order valence-electron chi connectivity index (χ0n) is 11.1. The number of rotatable bonds is 3. The highest BCUT2D eigenvalue weighted by Gasteiger charge is 2.23. The van der Waals surface area contributed by atoms with Gasteiger partial charge >= 0.3 is 0 Å². The van der Waals surface area contributed by atoms with Gasteiger partial charge in [0.25, 0.3) is 0 Å². The van der Waals surface area contributed by atoms with Crippen molar-refractivity contribution in [3.63, 3.8) is 0 Å². The van der Waals surface area contributed by atoms with E-state index < -0.39 is 6.04 Å². The first-order chi connectivity index (χ1) is 9.08. The average molecular weight is 282 g/mol. The minimum atomic E-state index is -0.462. The van der Waals surface area contributed by atoms with Crippen LogP contribution < -0.4 is 16.0 Å². The predicted molar refractivity (Wildman–Crippen MR) is 78.5 cm³/mol. The van der Waals surface area contributed by atoms with Crippen molar-refractivity contribution in [3.05, 3.63) is 29.3 Å². The fourth-order valence-electron chi connectivity index (χ4n) is 2.35. The monoisotopic (exact) mass is 281 g/mol. The van der Waals surface area contributed by atoms with E-state index in [0.717, 1.165) is 36.6 Å². The summed E-state index contributed by atoms with van der Waals surface area (Å²) in [5, 5.41) is 3.74. The Labute approximate surface area is 118 Å². The molecule has 4 nitrogen and oxygen atoms in total. The molecule has 0 aliphatic carbocycles. The van der Waals surface area contributed by atoms with Crippen LogP contribution in [0.4, 0.5) is 5.69 Å². The van der Waals surface area contributed by atoms with Crippen LogP contribution in [-0.4, -0.2) is 31.1 Å². The van der Waals surface area contributed by atoms with Crippen molar-refractivity contribution >= 4 is 23.2 Å². The van der Waals surface area contributed by atoms with Crippen LogP contribution in [0.5, 0.6) is 0 Å². The molecule has 0 spiro atoms. The molecule has 0 radical (unpaired) electrons. The van der Waals surface area contributed by atoms with Crippen LogP contribution in [0.1, 0.15) is 19.8 Å². The maximum atomic E-state index is 11.6. The number of para-hydroxylation sites is 1. The molecule has 1 amide bonds. The number of piperidine rings is 1. The largest absolute Gasteiger partial charge is 0.368 e. The van der Waals surface area contributed by atoms with Crippen molar-refractivity contribution in [1.29, 1.82) is 0 Å². The molecular formula is C14H20ClN3O. The van der Waals surface area contributed by atoms with E-state index in [2.05, 4.69) is 10.2 Å². The van der Waals surface area contributed by atoms with E-state index in [1.165, 1.54) is 0 Å². The topological polar surface area (TPSA) is 58.4 Å². The number of benzene rings is 1. The Bertz CT molecular complexity index is 450. The van der Waals surface area contributed by atoms with Gasteiger partial charge in [0.15, 0.2) is 0 Å². The van der Waals surface area contributed by atoms with Crippen LogP contribution in [-0.2, 0) is 4.79 Å². The summed E-state index contributed by atoms with van der Waals surface area (Å²) in [4.78, 5) is 13.9. The second-order valence-corrected chi connectivity index (χ2v) is 5.44. The third-order valence-electron chi connectivity index (χ3n) is 3.37. The van der Waals surface area contributed by atoms with Crippen LogP contribution in [0.25, 0.3) is 0 Å². The van der Waals surface area contributed by atoms with Crippen molar-refractivity contribution < 1.29 is 4.79 Å².